The number of unbranched alkanes of at least 4 members (excludes halogenated alkanes) is 2. The molecule has 0 unspecified atom stereocenters. The van der Waals surface area contributed by atoms with Crippen LogP contribution in [0.4, 0.5) is 5.69 Å². The van der Waals surface area contributed by atoms with Crippen LogP contribution < -0.4 is 15.4 Å². The van der Waals surface area contributed by atoms with Gasteiger partial charge in [-0.1, -0.05) is 50.1 Å². The van der Waals surface area contributed by atoms with Crippen LogP contribution in [0, 0.1) is 0 Å². The zero-order valence-electron chi connectivity index (χ0n) is 15.2. The van der Waals surface area contributed by atoms with Crippen molar-refractivity contribution in [3.05, 3.63) is 60.2 Å². The van der Waals surface area contributed by atoms with Crippen molar-refractivity contribution >= 4 is 17.5 Å². The van der Waals surface area contributed by atoms with Gasteiger partial charge in [0.15, 0.2) is 6.61 Å². The number of carbonyl (C=O) groups excluding carboxylic acids is 2. The number of benzene rings is 2. The van der Waals surface area contributed by atoms with Crippen molar-refractivity contribution < 1.29 is 14.3 Å². The molecule has 0 aliphatic rings. The topological polar surface area (TPSA) is 67.4 Å². The largest absolute Gasteiger partial charge is 0.484 e. The molecule has 0 heterocycles. The molecular weight excluding hydrogens is 328 g/mol. The number of hydrogen-bond donors (Lipinski definition) is 2. The predicted molar refractivity (Wildman–Crippen MR) is 103 cm³/mol. The van der Waals surface area contributed by atoms with Crippen molar-refractivity contribution in [2.45, 2.75) is 32.6 Å². The molecule has 26 heavy (non-hydrogen) atoms. The Bertz CT molecular complexity index is 684. The molecule has 2 amide bonds. The summed E-state index contributed by atoms with van der Waals surface area (Å²) >= 11 is 0. The average Bonchev–Trinajstić information content (AvgIpc) is 2.67. The van der Waals surface area contributed by atoms with E-state index in [2.05, 4.69) is 17.6 Å². The van der Waals surface area contributed by atoms with Gasteiger partial charge in [0.1, 0.15) is 5.75 Å². The number of amides is 2. The second-order valence-corrected chi connectivity index (χ2v) is 6.08. The van der Waals surface area contributed by atoms with Gasteiger partial charge in [0, 0.05) is 5.69 Å². The zero-order chi connectivity index (χ0) is 18.6. The Labute approximate surface area is 154 Å². The van der Waals surface area contributed by atoms with Gasteiger partial charge in [-0.15, -0.1) is 0 Å². The molecule has 0 aliphatic heterocycles. The Morgan fingerprint density at radius 2 is 1.65 bits per heavy atom. The molecular formula is C21H26N2O3. The summed E-state index contributed by atoms with van der Waals surface area (Å²) < 4.78 is 5.33. The molecule has 5 heteroatoms. The van der Waals surface area contributed by atoms with Crippen molar-refractivity contribution in [3.8, 4) is 5.75 Å². The molecule has 0 spiro atoms. The van der Waals surface area contributed by atoms with Crippen molar-refractivity contribution in [2.24, 2.45) is 0 Å². The van der Waals surface area contributed by atoms with Crippen molar-refractivity contribution in [2.75, 3.05) is 18.5 Å². The maximum Gasteiger partial charge on any atom is 0.258 e. The van der Waals surface area contributed by atoms with E-state index in [1.807, 2.05) is 42.5 Å². The molecule has 0 fully saturated rings. The number of para-hydroxylation sites is 1. The molecule has 0 aromatic heterocycles. The summed E-state index contributed by atoms with van der Waals surface area (Å²) in [4.78, 5) is 23.6. The van der Waals surface area contributed by atoms with Gasteiger partial charge in [-0.2, -0.15) is 0 Å². The summed E-state index contributed by atoms with van der Waals surface area (Å²) in [7, 11) is 0. The van der Waals surface area contributed by atoms with Gasteiger partial charge in [-0.3, -0.25) is 9.59 Å². The highest BCUT2D eigenvalue weighted by Gasteiger charge is 2.07. The third kappa shape index (κ3) is 7.38. The molecule has 0 atom stereocenters. The lowest BCUT2D eigenvalue weighted by molar-refractivity contribution is -0.125. The summed E-state index contributed by atoms with van der Waals surface area (Å²) in [6, 6.07) is 16.9. The number of carbonyl (C=O) groups is 2. The van der Waals surface area contributed by atoms with Crippen molar-refractivity contribution in [1.29, 1.82) is 0 Å². The fourth-order valence-corrected chi connectivity index (χ4v) is 2.43. The lowest BCUT2D eigenvalue weighted by atomic mass is 10.1. The Morgan fingerprint density at radius 3 is 2.35 bits per heavy atom. The van der Waals surface area contributed by atoms with Crippen LogP contribution in [-0.2, 0) is 16.0 Å². The van der Waals surface area contributed by atoms with Gasteiger partial charge in [0.2, 0.25) is 5.91 Å². The highest BCUT2D eigenvalue weighted by Crippen LogP contribution is 2.12. The summed E-state index contributed by atoms with van der Waals surface area (Å²) in [6.07, 6.45) is 4.67. The van der Waals surface area contributed by atoms with Gasteiger partial charge in [0.25, 0.3) is 5.91 Å². The fraction of sp³-hybridized carbons (Fsp3) is 0.333. The Balaban J connectivity index is 1.67. The molecule has 2 N–H and O–H groups in total. The number of rotatable bonds is 10. The minimum Gasteiger partial charge on any atom is -0.484 e. The number of anilines is 1. The first kappa shape index (κ1) is 19.5. The minimum atomic E-state index is -0.338. The SMILES string of the molecule is CCCCCc1ccc(NC(=O)CNC(=O)COc2ccccc2)cc1. The van der Waals surface area contributed by atoms with E-state index in [1.54, 1.807) is 12.1 Å². The van der Waals surface area contributed by atoms with Gasteiger partial charge >= 0.3 is 0 Å². The minimum absolute atomic E-state index is 0.0881. The monoisotopic (exact) mass is 354 g/mol. The Kier molecular flexibility index (Phi) is 8.19. The summed E-state index contributed by atoms with van der Waals surface area (Å²) in [6.45, 7) is 1.98. The molecule has 2 rings (SSSR count). The van der Waals surface area contributed by atoms with Crippen LogP contribution in [0.5, 0.6) is 5.75 Å². The van der Waals surface area contributed by atoms with E-state index in [0.29, 0.717) is 5.75 Å². The van der Waals surface area contributed by atoms with Gasteiger partial charge in [-0.25, -0.2) is 0 Å². The second kappa shape index (κ2) is 10.9. The van der Waals surface area contributed by atoms with E-state index < -0.39 is 0 Å². The fourth-order valence-electron chi connectivity index (χ4n) is 2.43. The molecule has 138 valence electrons. The molecule has 5 nitrogen and oxygen atoms in total. The van der Waals surface area contributed by atoms with Crippen LogP contribution in [0.1, 0.15) is 31.7 Å². The van der Waals surface area contributed by atoms with E-state index in [4.69, 9.17) is 4.74 Å². The van der Waals surface area contributed by atoms with Crippen LogP contribution >= 0.6 is 0 Å². The first-order valence-corrected chi connectivity index (χ1v) is 9.00. The zero-order valence-corrected chi connectivity index (χ0v) is 15.2. The lowest BCUT2D eigenvalue weighted by Gasteiger charge is -2.09. The van der Waals surface area contributed by atoms with E-state index >= 15 is 0 Å². The Morgan fingerprint density at radius 1 is 0.923 bits per heavy atom. The number of ether oxygens (including phenoxy) is 1. The summed E-state index contributed by atoms with van der Waals surface area (Å²) in [5.41, 5.74) is 1.99. The van der Waals surface area contributed by atoms with Crippen molar-refractivity contribution in [3.63, 3.8) is 0 Å². The Hall–Kier alpha value is -2.82. The molecule has 0 saturated carbocycles. The number of nitrogens with one attached hydrogen (secondary N) is 2. The molecule has 0 radical (unpaired) electrons. The van der Waals surface area contributed by atoms with Gasteiger partial charge in [-0.05, 0) is 42.7 Å². The first-order valence-electron chi connectivity index (χ1n) is 9.00. The third-order valence-corrected chi connectivity index (χ3v) is 3.87. The van der Waals surface area contributed by atoms with Gasteiger partial charge in [0.05, 0.1) is 6.54 Å². The van der Waals surface area contributed by atoms with Crippen molar-refractivity contribution in [1.82, 2.24) is 5.32 Å². The van der Waals surface area contributed by atoms with E-state index in [1.165, 1.54) is 24.8 Å². The molecule has 2 aromatic carbocycles. The average molecular weight is 354 g/mol. The number of aryl methyl sites for hydroxylation is 1. The van der Waals surface area contributed by atoms with Crippen LogP contribution in [0.2, 0.25) is 0 Å². The maximum atomic E-state index is 11.9. The molecule has 0 saturated heterocycles. The van der Waals surface area contributed by atoms with Crippen LogP contribution in [0.15, 0.2) is 54.6 Å². The van der Waals surface area contributed by atoms with Crippen LogP contribution in [0.25, 0.3) is 0 Å². The normalized spacial score (nSPS) is 10.2. The molecule has 0 aliphatic carbocycles. The quantitative estimate of drug-likeness (QED) is 0.641. The smallest absolute Gasteiger partial charge is 0.258 e. The highest BCUT2D eigenvalue weighted by molar-refractivity contribution is 5.94. The second-order valence-electron chi connectivity index (χ2n) is 6.08. The lowest BCUT2D eigenvalue weighted by Crippen LogP contribution is -2.35. The van der Waals surface area contributed by atoms with E-state index in [-0.39, 0.29) is 25.0 Å². The number of hydrogen-bond acceptors (Lipinski definition) is 3. The van der Waals surface area contributed by atoms with Crippen LogP contribution in [0.3, 0.4) is 0 Å². The summed E-state index contributed by atoms with van der Waals surface area (Å²) in [5, 5.41) is 5.31. The van der Waals surface area contributed by atoms with E-state index in [9.17, 15) is 9.59 Å². The maximum absolute atomic E-state index is 11.9. The first-order chi connectivity index (χ1) is 12.7. The summed E-state index contributed by atoms with van der Waals surface area (Å²) in [5.74, 6) is 0.0122. The molecule has 0 bridgehead atoms. The van der Waals surface area contributed by atoms with E-state index in [0.717, 1.165) is 12.1 Å². The van der Waals surface area contributed by atoms with Crippen LogP contribution in [-0.4, -0.2) is 25.0 Å². The predicted octanol–water partition coefficient (Wildman–Crippen LogP) is 3.55. The van der Waals surface area contributed by atoms with Gasteiger partial charge < -0.3 is 15.4 Å². The molecule has 2 aromatic rings. The highest BCUT2D eigenvalue weighted by atomic mass is 16.5. The third-order valence-electron chi connectivity index (χ3n) is 3.87. The standard InChI is InChI=1S/C21H26N2O3/c1-2-3-5-8-17-11-13-18(14-12-17)23-20(24)15-22-21(25)16-26-19-9-6-4-7-10-19/h4,6-7,9-14H,2-3,5,8,15-16H2,1H3,(H,22,25)(H,23,24).